The number of sulfonamides is 1. The van der Waals surface area contributed by atoms with E-state index >= 15 is 0 Å². The van der Waals surface area contributed by atoms with Crippen LogP contribution in [0.3, 0.4) is 0 Å². The molecule has 2 heterocycles. The van der Waals surface area contributed by atoms with E-state index in [9.17, 15) is 13.2 Å². The highest BCUT2D eigenvalue weighted by Crippen LogP contribution is 2.22. The largest absolute Gasteiger partial charge is 0.456 e. The molecule has 3 rings (SSSR count). The Morgan fingerprint density at radius 1 is 1.28 bits per heavy atom. The Hall–Kier alpha value is -1.74. The van der Waals surface area contributed by atoms with Crippen molar-refractivity contribution in [2.24, 2.45) is 0 Å². The number of thiophene rings is 1. The van der Waals surface area contributed by atoms with E-state index in [1.165, 1.54) is 27.8 Å². The zero-order valence-electron chi connectivity index (χ0n) is 13.8. The molecule has 0 saturated carbocycles. The minimum Gasteiger partial charge on any atom is -0.456 e. The van der Waals surface area contributed by atoms with Crippen molar-refractivity contribution in [3.63, 3.8) is 0 Å². The standard InChI is InChI=1S/C17H19NO5S2/c1-13-4-5-15(25(20,21)18-6-8-22-9-7-18)11-16(13)17(19)23-12-14-3-2-10-24-14/h2-5,10-11H,6-9,12H2,1H3. The lowest BCUT2D eigenvalue weighted by Gasteiger charge is -2.26. The van der Waals surface area contributed by atoms with Gasteiger partial charge in [-0.05, 0) is 36.1 Å². The zero-order valence-corrected chi connectivity index (χ0v) is 15.4. The van der Waals surface area contributed by atoms with Crippen LogP contribution in [0, 0.1) is 6.92 Å². The quantitative estimate of drug-likeness (QED) is 0.744. The Kier molecular flexibility index (Phi) is 5.53. The molecule has 6 nitrogen and oxygen atoms in total. The summed E-state index contributed by atoms with van der Waals surface area (Å²) in [7, 11) is -3.65. The Morgan fingerprint density at radius 3 is 2.72 bits per heavy atom. The smallest absolute Gasteiger partial charge is 0.338 e. The third-order valence-electron chi connectivity index (χ3n) is 3.96. The summed E-state index contributed by atoms with van der Waals surface area (Å²) in [6.45, 7) is 3.31. The topological polar surface area (TPSA) is 72.9 Å². The van der Waals surface area contributed by atoms with Crippen molar-refractivity contribution in [3.05, 3.63) is 51.7 Å². The van der Waals surface area contributed by atoms with Crippen LogP contribution in [0.2, 0.25) is 0 Å². The first-order valence-electron chi connectivity index (χ1n) is 7.86. The minimum absolute atomic E-state index is 0.100. The van der Waals surface area contributed by atoms with E-state index in [2.05, 4.69) is 0 Å². The van der Waals surface area contributed by atoms with Gasteiger partial charge in [0.2, 0.25) is 10.0 Å². The Labute approximate surface area is 151 Å². The SMILES string of the molecule is Cc1ccc(S(=O)(=O)N2CCOCC2)cc1C(=O)OCc1cccs1. The molecule has 1 aromatic carbocycles. The highest BCUT2D eigenvalue weighted by Gasteiger charge is 2.27. The van der Waals surface area contributed by atoms with Crippen molar-refractivity contribution in [3.8, 4) is 0 Å². The van der Waals surface area contributed by atoms with Gasteiger partial charge in [-0.1, -0.05) is 12.1 Å². The average Bonchev–Trinajstić information content (AvgIpc) is 3.14. The fourth-order valence-electron chi connectivity index (χ4n) is 2.53. The Bertz CT molecular complexity index is 840. The second-order valence-corrected chi connectivity index (χ2v) is 8.62. The number of aryl methyl sites for hydroxylation is 1. The number of morpholine rings is 1. The molecule has 0 radical (unpaired) electrons. The van der Waals surface area contributed by atoms with Crippen molar-refractivity contribution in [1.82, 2.24) is 4.31 Å². The van der Waals surface area contributed by atoms with E-state index in [-0.39, 0.29) is 17.1 Å². The van der Waals surface area contributed by atoms with Gasteiger partial charge in [0.1, 0.15) is 6.61 Å². The molecular weight excluding hydrogens is 362 g/mol. The van der Waals surface area contributed by atoms with E-state index in [0.717, 1.165) is 4.88 Å². The van der Waals surface area contributed by atoms with E-state index < -0.39 is 16.0 Å². The Balaban J connectivity index is 1.81. The lowest BCUT2D eigenvalue weighted by Crippen LogP contribution is -2.40. The normalized spacial score (nSPS) is 15.9. The van der Waals surface area contributed by atoms with Crippen LogP contribution < -0.4 is 0 Å². The molecule has 1 aliphatic heterocycles. The molecule has 25 heavy (non-hydrogen) atoms. The Morgan fingerprint density at radius 2 is 2.04 bits per heavy atom. The summed E-state index contributed by atoms with van der Waals surface area (Å²) < 4.78 is 37.4. The third-order valence-corrected chi connectivity index (χ3v) is 6.71. The van der Waals surface area contributed by atoms with Crippen molar-refractivity contribution in [2.75, 3.05) is 26.3 Å². The fraction of sp³-hybridized carbons (Fsp3) is 0.353. The number of carbonyl (C=O) groups is 1. The number of hydrogen-bond donors (Lipinski definition) is 0. The minimum atomic E-state index is -3.65. The summed E-state index contributed by atoms with van der Waals surface area (Å²) in [4.78, 5) is 13.4. The van der Waals surface area contributed by atoms with Crippen molar-refractivity contribution in [1.29, 1.82) is 0 Å². The average molecular weight is 381 g/mol. The van der Waals surface area contributed by atoms with E-state index in [1.54, 1.807) is 13.0 Å². The molecule has 1 fully saturated rings. The van der Waals surface area contributed by atoms with Crippen LogP contribution >= 0.6 is 11.3 Å². The van der Waals surface area contributed by atoms with Gasteiger partial charge in [0, 0.05) is 18.0 Å². The number of hydrogen-bond acceptors (Lipinski definition) is 6. The highest BCUT2D eigenvalue weighted by molar-refractivity contribution is 7.89. The van der Waals surface area contributed by atoms with Gasteiger partial charge in [-0.2, -0.15) is 4.31 Å². The van der Waals surface area contributed by atoms with Crippen molar-refractivity contribution >= 4 is 27.3 Å². The van der Waals surface area contributed by atoms with Crippen LogP contribution in [0.1, 0.15) is 20.8 Å². The first-order valence-corrected chi connectivity index (χ1v) is 10.2. The molecule has 0 aliphatic carbocycles. The maximum Gasteiger partial charge on any atom is 0.338 e. The summed E-state index contributed by atoms with van der Waals surface area (Å²) in [5, 5.41) is 1.91. The maximum atomic E-state index is 12.7. The molecule has 1 aliphatic rings. The fourth-order valence-corrected chi connectivity index (χ4v) is 4.58. The van der Waals surface area contributed by atoms with Gasteiger partial charge in [0.25, 0.3) is 0 Å². The van der Waals surface area contributed by atoms with E-state index in [1.807, 2.05) is 17.5 Å². The van der Waals surface area contributed by atoms with Crippen LogP contribution in [0.5, 0.6) is 0 Å². The van der Waals surface area contributed by atoms with Gasteiger partial charge in [-0.25, -0.2) is 13.2 Å². The van der Waals surface area contributed by atoms with Crippen LogP contribution in [-0.4, -0.2) is 45.0 Å². The summed E-state index contributed by atoms with van der Waals surface area (Å²) >= 11 is 1.50. The van der Waals surface area contributed by atoms with E-state index in [0.29, 0.717) is 31.9 Å². The molecule has 1 saturated heterocycles. The first-order chi connectivity index (χ1) is 12.0. The van der Waals surface area contributed by atoms with Gasteiger partial charge >= 0.3 is 5.97 Å². The number of benzene rings is 1. The molecule has 0 bridgehead atoms. The first kappa shape index (κ1) is 18.1. The number of carbonyl (C=O) groups excluding carboxylic acids is 1. The molecule has 1 aromatic heterocycles. The second kappa shape index (κ2) is 7.65. The summed E-state index contributed by atoms with van der Waals surface area (Å²) in [6, 6.07) is 8.32. The molecule has 0 unspecified atom stereocenters. The zero-order chi connectivity index (χ0) is 17.9. The van der Waals surface area contributed by atoms with Gasteiger partial charge in [0.15, 0.2) is 0 Å². The van der Waals surface area contributed by atoms with E-state index in [4.69, 9.17) is 9.47 Å². The molecule has 8 heteroatoms. The predicted octanol–water partition coefficient (Wildman–Crippen LogP) is 2.43. The molecule has 134 valence electrons. The highest BCUT2D eigenvalue weighted by atomic mass is 32.2. The van der Waals surface area contributed by atoms with Crippen molar-refractivity contribution < 1.29 is 22.7 Å². The number of rotatable bonds is 5. The molecule has 2 aromatic rings. The molecular formula is C17H19NO5S2. The van der Waals surface area contributed by atoms with Crippen LogP contribution in [-0.2, 0) is 26.1 Å². The lowest BCUT2D eigenvalue weighted by molar-refractivity contribution is 0.0475. The summed E-state index contributed by atoms with van der Waals surface area (Å²) in [5.74, 6) is -0.523. The predicted molar refractivity (Wildman–Crippen MR) is 94.2 cm³/mol. The molecule has 0 N–H and O–H groups in total. The molecule has 0 spiro atoms. The summed E-state index contributed by atoms with van der Waals surface area (Å²) in [5.41, 5.74) is 0.947. The molecule has 0 atom stereocenters. The monoisotopic (exact) mass is 381 g/mol. The van der Waals surface area contributed by atoms with Crippen LogP contribution in [0.25, 0.3) is 0 Å². The van der Waals surface area contributed by atoms with Gasteiger partial charge in [-0.15, -0.1) is 11.3 Å². The lowest BCUT2D eigenvalue weighted by atomic mass is 10.1. The maximum absolute atomic E-state index is 12.7. The van der Waals surface area contributed by atoms with Crippen molar-refractivity contribution in [2.45, 2.75) is 18.4 Å². The summed E-state index contributed by atoms with van der Waals surface area (Å²) in [6.07, 6.45) is 0. The van der Waals surface area contributed by atoms with Crippen LogP contribution in [0.4, 0.5) is 0 Å². The number of esters is 1. The van der Waals surface area contributed by atoms with Gasteiger partial charge < -0.3 is 9.47 Å². The van der Waals surface area contributed by atoms with Gasteiger partial charge in [0.05, 0.1) is 23.7 Å². The molecule has 0 amide bonds. The number of ether oxygens (including phenoxy) is 2. The number of nitrogens with zero attached hydrogens (tertiary/aromatic N) is 1. The third kappa shape index (κ3) is 4.09. The second-order valence-electron chi connectivity index (χ2n) is 5.65. The van der Waals surface area contributed by atoms with Crippen LogP contribution in [0.15, 0.2) is 40.6 Å². The van der Waals surface area contributed by atoms with Gasteiger partial charge in [-0.3, -0.25) is 0 Å².